The fraction of sp³-hybridized carbons (Fsp3) is 0.400. The van der Waals surface area contributed by atoms with Gasteiger partial charge < -0.3 is 5.11 Å². The standard InChI is InChI=1S/C10H12F2O3S/c1-6-3-9(12)7(4-8(6)11)10(13)5-16(2,14)15/h3-4,10,13H,5H2,1-2H3. The van der Waals surface area contributed by atoms with E-state index in [4.69, 9.17) is 0 Å². The molecule has 0 aromatic heterocycles. The zero-order valence-corrected chi connectivity index (χ0v) is 9.68. The van der Waals surface area contributed by atoms with Gasteiger partial charge in [0.2, 0.25) is 0 Å². The number of aliphatic hydroxyl groups excluding tert-OH is 1. The zero-order chi connectivity index (χ0) is 12.5. The summed E-state index contributed by atoms with van der Waals surface area (Å²) in [7, 11) is -3.45. The van der Waals surface area contributed by atoms with Crippen molar-refractivity contribution in [1.82, 2.24) is 0 Å². The van der Waals surface area contributed by atoms with Crippen molar-refractivity contribution in [2.75, 3.05) is 12.0 Å². The van der Waals surface area contributed by atoms with E-state index in [1.165, 1.54) is 6.92 Å². The lowest BCUT2D eigenvalue weighted by molar-refractivity contribution is 0.196. The van der Waals surface area contributed by atoms with E-state index in [1.807, 2.05) is 0 Å². The van der Waals surface area contributed by atoms with E-state index in [0.29, 0.717) is 0 Å². The number of sulfone groups is 1. The maximum Gasteiger partial charge on any atom is 0.150 e. The Morgan fingerprint density at radius 2 is 1.88 bits per heavy atom. The minimum absolute atomic E-state index is 0.104. The van der Waals surface area contributed by atoms with Crippen molar-refractivity contribution in [3.05, 3.63) is 34.9 Å². The second-order valence-electron chi connectivity index (χ2n) is 3.73. The van der Waals surface area contributed by atoms with Crippen LogP contribution in [0.4, 0.5) is 8.78 Å². The van der Waals surface area contributed by atoms with Gasteiger partial charge in [0.05, 0.1) is 11.9 Å². The third kappa shape index (κ3) is 3.24. The summed E-state index contributed by atoms with van der Waals surface area (Å²) in [5.41, 5.74) is -0.235. The summed E-state index contributed by atoms with van der Waals surface area (Å²) in [5.74, 6) is -2.12. The lowest BCUT2D eigenvalue weighted by Crippen LogP contribution is -2.14. The van der Waals surface area contributed by atoms with Crippen LogP contribution in [0.5, 0.6) is 0 Å². The first-order valence-electron chi connectivity index (χ1n) is 4.52. The molecule has 6 heteroatoms. The molecule has 1 N–H and O–H groups in total. The molecule has 0 aliphatic rings. The van der Waals surface area contributed by atoms with Crippen LogP contribution in [0.15, 0.2) is 12.1 Å². The van der Waals surface area contributed by atoms with E-state index in [1.54, 1.807) is 0 Å². The highest BCUT2D eigenvalue weighted by molar-refractivity contribution is 7.90. The molecule has 3 nitrogen and oxygen atoms in total. The predicted molar refractivity (Wildman–Crippen MR) is 55.8 cm³/mol. The molecule has 16 heavy (non-hydrogen) atoms. The van der Waals surface area contributed by atoms with Gasteiger partial charge in [-0.2, -0.15) is 0 Å². The molecule has 1 aromatic carbocycles. The Hall–Kier alpha value is -1.01. The molecule has 1 aromatic rings. The fourth-order valence-corrected chi connectivity index (χ4v) is 2.05. The molecule has 0 saturated carbocycles. The van der Waals surface area contributed by atoms with Gasteiger partial charge >= 0.3 is 0 Å². The topological polar surface area (TPSA) is 54.4 Å². The Morgan fingerprint density at radius 1 is 1.31 bits per heavy atom. The monoisotopic (exact) mass is 250 g/mol. The molecule has 0 spiro atoms. The third-order valence-corrected chi connectivity index (χ3v) is 3.02. The molecule has 90 valence electrons. The van der Waals surface area contributed by atoms with Crippen LogP contribution < -0.4 is 0 Å². The fourth-order valence-electron chi connectivity index (χ4n) is 1.29. The molecule has 0 aliphatic carbocycles. The Bertz CT molecular complexity index is 497. The SMILES string of the molecule is Cc1cc(F)c(C(O)CS(C)(=O)=O)cc1F. The van der Waals surface area contributed by atoms with Crippen LogP contribution in [0.25, 0.3) is 0 Å². The summed E-state index contributed by atoms with van der Waals surface area (Å²) >= 11 is 0. The summed E-state index contributed by atoms with van der Waals surface area (Å²) in [4.78, 5) is 0. The van der Waals surface area contributed by atoms with Gasteiger partial charge in [0.25, 0.3) is 0 Å². The van der Waals surface area contributed by atoms with Gasteiger partial charge in [0, 0.05) is 11.8 Å². The van der Waals surface area contributed by atoms with Crippen LogP contribution in [-0.4, -0.2) is 25.5 Å². The first kappa shape index (κ1) is 13.1. The van der Waals surface area contributed by atoms with Gasteiger partial charge in [-0.05, 0) is 24.6 Å². The second-order valence-corrected chi connectivity index (χ2v) is 5.92. The Morgan fingerprint density at radius 3 is 2.38 bits per heavy atom. The first-order valence-corrected chi connectivity index (χ1v) is 6.58. The average Bonchev–Trinajstić information content (AvgIpc) is 2.08. The molecule has 0 saturated heterocycles. The molecule has 1 atom stereocenters. The minimum Gasteiger partial charge on any atom is -0.387 e. The number of benzene rings is 1. The normalized spacial score (nSPS) is 13.8. The van der Waals surface area contributed by atoms with Crippen LogP contribution >= 0.6 is 0 Å². The van der Waals surface area contributed by atoms with E-state index in [9.17, 15) is 22.3 Å². The van der Waals surface area contributed by atoms with Crippen molar-refractivity contribution < 1.29 is 22.3 Å². The maximum atomic E-state index is 13.3. The largest absolute Gasteiger partial charge is 0.387 e. The van der Waals surface area contributed by atoms with Crippen molar-refractivity contribution in [3.63, 3.8) is 0 Å². The quantitative estimate of drug-likeness (QED) is 0.881. The number of hydrogen-bond donors (Lipinski definition) is 1. The lowest BCUT2D eigenvalue weighted by atomic mass is 10.1. The van der Waals surface area contributed by atoms with Gasteiger partial charge in [0.1, 0.15) is 21.5 Å². The summed E-state index contributed by atoms with van der Waals surface area (Å²) in [6.45, 7) is 1.38. The van der Waals surface area contributed by atoms with Crippen molar-refractivity contribution in [2.24, 2.45) is 0 Å². The summed E-state index contributed by atoms with van der Waals surface area (Å²) < 4.78 is 48.3. The van der Waals surface area contributed by atoms with Crippen LogP contribution in [0, 0.1) is 18.6 Å². The Balaban J connectivity index is 3.09. The van der Waals surface area contributed by atoms with E-state index < -0.39 is 33.3 Å². The smallest absolute Gasteiger partial charge is 0.150 e. The van der Waals surface area contributed by atoms with Gasteiger partial charge in [-0.1, -0.05) is 0 Å². The number of hydrogen-bond acceptors (Lipinski definition) is 3. The summed E-state index contributed by atoms with van der Waals surface area (Å²) in [6.07, 6.45) is -0.635. The predicted octanol–water partition coefficient (Wildman–Crippen LogP) is 1.35. The average molecular weight is 250 g/mol. The van der Waals surface area contributed by atoms with E-state index >= 15 is 0 Å². The highest BCUT2D eigenvalue weighted by atomic mass is 32.2. The molecule has 0 aliphatic heterocycles. The van der Waals surface area contributed by atoms with Gasteiger partial charge in [-0.25, -0.2) is 17.2 Å². The van der Waals surface area contributed by atoms with Crippen molar-refractivity contribution in [3.8, 4) is 0 Å². The summed E-state index contributed by atoms with van der Waals surface area (Å²) in [6, 6.07) is 1.75. The minimum atomic E-state index is -3.45. The van der Waals surface area contributed by atoms with Crippen LogP contribution in [0.1, 0.15) is 17.2 Å². The molecule has 1 unspecified atom stereocenters. The Labute approximate surface area is 92.6 Å². The molecule has 0 radical (unpaired) electrons. The number of rotatable bonds is 3. The molecule has 1 rings (SSSR count). The first-order chi connectivity index (χ1) is 7.20. The van der Waals surface area contributed by atoms with Crippen LogP contribution in [0.2, 0.25) is 0 Å². The zero-order valence-electron chi connectivity index (χ0n) is 8.87. The molecule has 0 amide bonds. The van der Waals surface area contributed by atoms with Gasteiger partial charge in [-0.15, -0.1) is 0 Å². The van der Waals surface area contributed by atoms with E-state index in [0.717, 1.165) is 18.4 Å². The highest BCUT2D eigenvalue weighted by Crippen LogP contribution is 2.21. The lowest BCUT2D eigenvalue weighted by Gasteiger charge is -2.11. The van der Waals surface area contributed by atoms with Crippen LogP contribution in [0.3, 0.4) is 0 Å². The van der Waals surface area contributed by atoms with Crippen molar-refractivity contribution >= 4 is 9.84 Å². The second kappa shape index (κ2) is 4.47. The number of aryl methyl sites for hydroxylation is 1. The van der Waals surface area contributed by atoms with Gasteiger partial charge in [-0.3, -0.25) is 0 Å². The number of halogens is 2. The number of aliphatic hydroxyl groups is 1. The van der Waals surface area contributed by atoms with E-state index in [2.05, 4.69) is 0 Å². The van der Waals surface area contributed by atoms with Crippen molar-refractivity contribution in [1.29, 1.82) is 0 Å². The maximum absolute atomic E-state index is 13.3. The summed E-state index contributed by atoms with van der Waals surface area (Å²) in [5, 5.41) is 9.47. The van der Waals surface area contributed by atoms with Crippen molar-refractivity contribution in [2.45, 2.75) is 13.0 Å². The van der Waals surface area contributed by atoms with E-state index in [-0.39, 0.29) is 11.1 Å². The third-order valence-electron chi connectivity index (χ3n) is 2.10. The van der Waals surface area contributed by atoms with Crippen LogP contribution in [-0.2, 0) is 9.84 Å². The highest BCUT2D eigenvalue weighted by Gasteiger charge is 2.19. The molecular weight excluding hydrogens is 238 g/mol. The van der Waals surface area contributed by atoms with Gasteiger partial charge in [0.15, 0.2) is 0 Å². The molecule has 0 heterocycles. The molecular formula is C10H12F2O3S. The Kier molecular flexibility index (Phi) is 3.64. The molecule has 0 bridgehead atoms. The molecule has 0 fully saturated rings.